The fourth-order valence-corrected chi connectivity index (χ4v) is 1.86. The molecule has 0 bridgehead atoms. The maximum absolute atomic E-state index is 11.6. The Morgan fingerprint density at radius 3 is 2.21 bits per heavy atom. The Morgan fingerprint density at radius 2 is 1.74 bits per heavy atom. The summed E-state index contributed by atoms with van der Waals surface area (Å²) in [5.41, 5.74) is 1.36. The molecule has 0 spiro atoms. The van der Waals surface area contributed by atoms with E-state index in [1.165, 1.54) is 19.3 Å². The van der Waals surface area contributed by atoms with Gasteiger partial charge in [0.2, 0.25) is 0 Å². The third kappa shape index (κ3) is 4.47. The third-order valence-electron chi connectivity index (χ3n) is 3.01. The molecule has 2 N–H and O–H groups in total. The van der Waals surface area contributed by atoms with E-state index in [2.05, 4.69) is 10.6 Å². The van der Waals surface area contributed by atoms with Crippen LogP contribution < -0.4 is 10.6 Å². The molecule has 1 aliphatic carbocycles. The van der Waals surface area contributed by atoms with Crippen molar-refractivity contribution in [2.24, 2.45) is 0 Å². The van der Waals surface area contributed by atoms with E-state index in [1.54, 1.807) is 0 Å². The van der Waals surface area contributed by atoms with E-state index < -0.39 is 11.7 Å². The van der Waals surface area contributed by atoms with Gasteiger partial charge in [-0.25, -0.2) is 4.79 Å². The molecule has 104 valence electrons. The number of anilines is 2. The molecular formula is C15H22N2O2. The first-order valence-corrected chi connectivity index (χ1v) is 6.79. The summed E-state index contributed by atoms with van der Waals surface area (Å²) in [6.07, 6.45) is 3.39. The van der Waals surface area contributed by atoms with Gasteiger partial charge in [0.1, 0.15) is 5.60 Å². The molecule has 1 aromatic carbocycles. The Balaban J connectivity index is 1.85. The van der Waals surface area contributed by atoms with Crippen LogP contribution in [-0.4, -0.2) is 17.7 Å². The summed E-state index contributed by atoms with van der Waals surface area (Å²) < 4.78 is 5.20. The number of amides is 1. The summed E-state index contributed by atoms with van der Waals surface area (Å²) in [5, 5.41) is 6.17. The van der Waals surface area contributed by atoms with Gasteiger partial charge in [-0.3, -0.25) is 5.32 Å². The average Bonchev–Trinajstić information content (AvgIpc) is 2.23. The molecule has 0 aromatic heterocycles. The largest absolute Gasteiger partial charge is 0.444 e. The highest BCUT2D eigenvalue weighted by Gasteiger charge is 2.17. The summed E-state index contributed by atoms with van der Waals surface area (Å²) in [6.45, 7) is 5.54. The molecule has 1 amide bonds. The lowest BCUT2D eigenvalue weighted by Crippen LogP contribution is -2.27. The van der Waals surface area contributed by atoms with E-state index in [4.69, 9.17) is 4.74 Å². The third-order valence-corrected chi connectivity index (χ3v) is 3.01. The Bertz CT molecular complexity index is 430. The number of hydrogen-bond donors (Lipinski definition) is 2. The lowest BCUT2D eigenvalue weighted by molar-refractivity contribution is 0.0636. The van der Waals surface area contributed by atoms with E-state index in [0.29, 0.717) is 6.04 Å². The van der Waals surface area contributed by atoms with Crippen LogP contribution in [0.15, 0.2) is 24.3 Å². The molecule has 0 atom stereocenters. The first kappa shape index (κ1) is 13.7. The summed E-state index contributed by atoms with van der Waals surface area (Å²) >= 11 is 0. The van der Waals surface area contributed by atoms with Crippen LogP contribution in [0.3, 0.4) is 0 Å². The van der Waals surface area contributed by atoms with Crippen molar-refractivity contribution >= 4 is 17.5 Å². The second kappa shape index (κ2) is 5.51. The van der Waals surface area contributed by atoms with Gasteiger partial charge in [-0.15, -0.1) is 0 Å². The molecular weight excluding hydrogens is 240 g/mol. The topological polar surface area (TPSA) is 50.4 Å². The van der Waals surface area contributed by atoms with Crippen LogP contribution in [0.4, 0.5) is 16.2 Å². The highest BCUT2D eigenvalue weighted by Crippen LogP contribution is 2.24. The molecule has 0 saturated heterocycles. The molecule has 2 rings (SSSR count). The smallest absolute Gasteiger partial charge is 0.412 e. The van der Waals surface area contributed by atoms with Gasteiger partial charge >= 0.3 is 6.09 Å². The Morgan fingerprint density at radius 1 is 1.16 bits per heavy atom. The minimum absolute atomic E-state index is 0.424. The molecule has 0 unspecified atom stereocenters. The SMILES string of the molecule is CC(C)(C)OC(=O)Nc1ccc(NC2CCC2)cc1. The van der Waals surface area contributed by atoms with Crippen molar-refractivity contribution < 1.29 is 9.53 Å². The van der Waals surface area contributed by atoms with Crippen molar-refractivity contribution in [2.75, 3.05) is 10.6 Å². The minimum Gasteiger partial charge on any atom is -0.444 e. The quantitative estimate of drug-likeness (QED) is 0.865. The first-order chi connectivity index (χ1) is 8.92. The molecule has 1 aliphatic rings. The zero-order valence-electron chi connectivity index (χ0n) is 11.8. The fraction of sp³-hybridized carbons (Fsp3) is 0.533. The van der Waals surface area contributed by atoms with E-state index in [-0.39, 0.29) is 0 Å². The number of carbonyl (C=O) groups excluding carboxylic acids is 1. The van der Waals surface area contributed by atoms with Gasteiger partial charge < -0.3 is 10.1 Å². The van der Waals surface area contributed by atoms with Crippen LogP contribution >= 0.6 is 0 Å². The van der Waals surface area contributed by atoms with Crippen molar-refractivity contribution in [3.8, 4) is 0 Å². The van der Waals surface area contributed by atoms with Crippen LogP contribution in [0.5, 0.6) is 0 Å². The molecule has 4 heteroatoms. The molecule has 1 fully saturated rings. The predicted molar refractivity (Wildman–Crippen MR) is 77.6 cm³/mol. The Kier molecular flexibility index (Phi) is 3.98. The number of ether oxygens (including phenoxy) is 1. The molecule has 0 heterocycles. The van der Waals surface area contributed by atoms with Crippen LogP contribution in [0.25, 0.3) is 0 Å². The number of rotatable bonds is 3. The molecule has 4 nitrogen and oxygen atoms in total. The number of hydrogen-bond acceptors (Lipinski definition) is 3. The van der Waals surface area contributed by atoms with E-state index in [0.717, 1.165) is 11.4 Å². The summed E-state index contributed by atoms with van der Waals surface area (Å²) in [4.78, 5) is 11.6. The van der Waals surface area contributed by atoms with Gasteiger partial charge in [-0.1, -0.05) is 0 Å². The second-order valence-electron chi connectivity index (χ2n) is 5.98. The van der Waals surface area contributed by atoms with Crippen LogP contribution in [0, 0.1) is 0 Å². The van der Waals surface area contributed by atoms with Crippen molar-refractivity contribution in [1.29, 1.82) is 0 Å². The van der Waals surface area contributed by atoms with Gasteiger partial charge in [-0.05, 0) is 64.3 Å². The Labute approximate surface area is 114 Å². The van der Waals surface area contributed by atoms with E-state index in [9.17, 15) is 4.79 Å². The maximum Gasteiger partial charge on any atom is 0.412 e. The Hall–Kier alpha value is -1.71. The molecule has 1 aromatic rings. The van der Waals surface area contributed by atoms with Gasteiger partial charge in [0.25, 0.3) is 0 Å². The molecule has 0 radical (unpaired) electrons. The maximum atomic E-state index is 11.6. The normalized spacial score (nSPS) is 15.5. The van der Waals surface area contributed by atoms with E-state index >= 15 is 0 Å². The minimum atomic E-state index is -0.476. The van der Waals surface area contributed by atoms with Gasteiger partial charge in [0.15, 0.2) is 0 Å². The predicted octanol–water partition coefficient (Wildman–Crippen LogP) is 4.00. The highest BCUT2D eigenvalue weighted by atomic mass is 16.6. The summed E-state index contributed by atoms with van der Waals surface area (Å²) in [5.74, 6) is 0. The fourth-order valence-electron chi connectivity index (χ4n) is 1.86. The zero-order chi connectivity index (χ0) is 13.9. The van der Waals surface area contributed by atoms with Crippen molar-refractivity contribution in [3.63, 3.8) is 0 Å². The average molecular weight is 262 g/mol. The van der Waals surface area contributed by atoms with Crippen LogP contribution in [-0.2, 0) is 4.74 Å². The molecule has 0 aliphatic heterocycles. The second-order valence-corrected chi connectivity index (χ2v) is 5.98. The lowest BCUT2D eigenvalue weighted by atomic mass is 9.93. The van der Waals surface area contributed by atoms with E-state index in [1.807, 2.05) is 45.0 Å². The molecule has 1 saturated carbocycles. The van der Waals surface area contributed by atoms with Gasteiger partial charge in [0, 0.05) is 17.4 Å². The summed E-state index contributed by atoms with van der Waals surface area (Å²) in [6, 6.07) is 8.33. The standard InChI is InChI=1S/C15H22N2O2/c1-15(2,3)19-14(18)17-13-9-7-12(8-10-13)16-11-5-4-6-11/h7-11,16H,4-6H2,1-3H3,(H,17,18). The van der Waals surface area contributed by atoms with Crippen molar-refractivity contribution in [3.05, 3.63) is 24.3 Å². The first-order valence-electron chi connectivity index (χ1n) is 6.79. The highest BCUT2D eigenvalue weighted by molar-refractivity contribution is 5.85. The number of benzene rings is 1. The van der Waals surface area contributed by atoms with Crippen molar-refractivity contribution in [2.45, 2.75) is 51.7 Å². The lowest BCUT2D eigenvalue weighted by Gasteiger charge is -2.27. The monoisotopic (exact) mass is 262 g/mol. The van der Waals surface area contributed by atoms with Gasteiger partial charge in [-0.2, -0.15) is 0 Å². The number of carbonyl (C=O) groups is 1. The van der Waals surface area contributed by atoms with Crippen molar-refractivity contribution in [1.82, 2.24) is 0 Å². The van der Waals surface area contributed by atoms with Crippen LogP contribution in [0.1, 0.15) is 40.0 Å². The van der Waals surface area contributed by atoms with Gasteiger partial charge in [0.05, 0.1) is 0 Å². The molecule has 19 heavy (non-hydrogen) atoms. The van der Waals surface area contributed by atoms with Crippen LogP contribution in [0.2, 0.25) is 0 Å². The number of nitrogens with one attached hydrogen (secondary N) is 2. The summed E-state index contributed by atoms with van der Waals surface area (Å²) in [7, 11) is 0. The zero-order valence-corrected chi connectivity index (χ0v) is 11.8.